The Labute approximate surface area is 105 Å². The Hall–Kier alpha value is 1.18. The number of halogens is 1. The van der Waals surface area contributed by atoms with Crippen molar-refractivity contribution in [1.29, 1.82) is 0 Å². The zero-order valence-electron chi connectivity index (χ0n) is 9.30. The average molecular weight is 333 g/mol. The van der Waals surface area contributed by atoms with Crippen LogP contribution < -0.4 is 24.0 Å². The molecule has 4 heteroatoms. The maximum absolute atomic E-state index is 4.42. The number of hydrogen-bond donors (Lipinski definition) is 0. The minimum atomic E-state index is -0.836. The molecule has 0 aliphatic heterocycles. The summed E-state index contributed by atoms with van der Waals surface area (Å²) in [4.78, 5) is 5.85. The number of nitrogens with zero attached hydrogens (tertiary/aromatic N) is 1. The first-order chi connectivity index (χ1) is 5.70. The van der Waals surface area contributed by atoms with Gasteiger partial charge in [0.15, 0.2) is 0 Å². The topological polar surface area (TPSA) is 12.4 Å². The third-order valence-electron chi connectivity index (χ3n) is 2.60. The molecule has 0 heterocycles. The third-order valence-corrected chi connectivity index (χ3v) is 9.50. The van der Waals surface area contributed by atoms with Crippen molar-refractivity contribution in [1.82, 2.24) is 0 Å². The Morgan fingerprint density at radius 2 is 1.54 bits per heavy atom. The molecule has 0 saturated heterocycles. The van der Waals surface area contributed by atoms with Gasteiger partial charge >= 0.3 is 0 Å². The lowest BCUT2D eigenvalue weighted by atomic mass is 10.9. The van der Waals surface area contributed by atoms with Crippen LogP contribution >= 0.6 is 19.0 Å². The van der Waals surface area contributed by atoms with Crippen molar-refractivity contribution in [2.45, 2.75) is 20.8 Å². The van der Waals surface area contributed by atoms with E-state index in [1.165, 1.54) is 23.3 Å². The molecule has 0 aromatic heterocycles. The Kier molecular flexibility index (Phi) is 10.8. The van der Waals surface area contributed by atoms with Gasteiger partial charge in [0.05, 0.1) is 25.7 Å². The van der Waals surface area contributed by atoms with E-state index < -0.39 is 7.26 Å². The van der Waals surface area contributed by atoms with Crippen LogP contribution in [-0.4, -0.2) is 36.6 Å². The fourth-order valence-corrected chi connectivity index (χ4v) is 7.04. The summed E-state index contributed by atoms with van der Waals surface area (Å²) in [5, 5.41) is 0. The van der Waals surface area contributed by atoms with E-state index in [1.807, 2.05) is 18.8 Å². The van der Waals surface area contributed by atoms with Crippen LogP contribution in [0.15, 0.2) is 4.99 Å². The van der Waals surface area contributed by atoms with Gasteiger partial charge in [0.25, 0.3) is 0 Å². The summed E-state index contributed by atoms with van der Waals surface area (Å²) in [5.74, 6) is 0. The molecule has 0 aliphatic rings. The highest BCUT2D eigenvalue weighted by Gasteiger charge is 2.37. The first-order valence-electron chi connectivity index (χ1n) is 4.58. The summed E-state index contributed by atoms with van der Waals surface area (Å²) >= 11 is 1.85. The largest absolute Gasteiger partial charge is 1.00 e. The van der Waals surface area contributed by atoms with Crippen molar-refractivity contribution >= 4 is 23.8 Å². The molecule has 0 amide bonds. The standard InChI is InChI=1S/C9H21NPS.HI/c1-6-11(7-2,8-3)9(10-4)12-5;/h6-8H2,1-5H3;1H/q+1;/p-1. The summed E-state index contributed by atoms with van der Waals surface area (Å²) in [6.07, 6.45) is 6.09. The van der Waals surface area contributed by atoms with Crippen molar-refractivity contribution in [2.24, 2.45) is 4.99 Å². The predicted molar refractivity (Wildman–Crippen MR) is 65.4 cm³/mol. The van der Waals surface area contributed by atoms with Crippen molar-refractivity contribution in [3.8, 4) is 0 Å². The Bertz CT molecular complexity index is 149. The van der Waals surface area contributed by atoms with Gasteiger partial charge in [0.2, 0.25) is 4.78 Å². The van der Waals surface area contributed by atoms with Crippen LogP contribution in [-0.2, 0) is 0 Å². The van der Waals surface area contributed by atoms with E-state index in [1.54, 1.807) is 0 Å². The zero-order chi connectivity index (χ0) is 9.61. The van der Waals surface area contributed by atoms with E-state index in [0.717, 1.165) is 0 Å². The zero-order valence-corrected chi connectivity index (χ0v) is 13.2. The molecule has 0 unspecified atom stereocenters. The number of rotatable bonds is 4. The Balaban J connectivity index is 0. The quantitative estimate of drug-likeness (QED) is 0.314. The molecule has 0 spiro atoms. The lowest BCUT2D eigenvalue weighted by Crippen LogP contribution is -3.00. The molecule has 80 valence electrons. The van der Waals surface area contributed by atoms with Crippen LogP contribution in [0.2, 0.25) is 0 Å². The summed E-state index contributed by atoms with van der Waals surface area (Å²) in [5.41, 5.74) is 0. The Morgan fingerprint density at radius 1 is 1.15 bits per heavy atom. The molecule has 0 N–H and O–H groups in total. The van der Waals surface area contributed by atoms with Crippen molar-refractivity contribution in [2.75, 3.05) is 31.8 Å². The van der Waals surface area contributed by atoms with E-state index in [2.05, 4.69) is 32.0 Å². The molecular weight excluding hydrogens is 312 g/mol. The second-order valence-electron chi connectivity index (χ2n) is 2.80. The highest BCUT2D eigenvalue weighted by molar-refractivity contribution is 8.29. The maximum Gasteiger partial charge on any atom is 0.211 e. The molecule has 0 atom stereocenters. The van der Waals surface area contributed by atoms with Gasteiger partial charge < -0.3 is 24.0 Å². The molecule has 0 rings (SSSR count). The SMILES string of the molecule is CC[P+](CC)(CC)C(=NC)SC.[I-]. The van der Waals surface area contributed by atoms with Crippen LogP contribution in [0.3, 0.4) is 0 Å². The summed E-state index contributed by atoms with van der Waals surface area (Å²) in [6, 6.07) is 0. The van der Waals surface area contributed by atoms with Gasteiger partial charge in [-0.15, -0.1) is 0 Å². The van der Waals surface area contributed by atoms with E-state index in [4.69, 9.17) is 0 Å². The highest BCUT2D eigenvalue weighted by Crippen LogP contribution is 2.61. The van der Waals surface area contributed by atoms with Crippen molar-refractivity contribution in [3.05, 3.63) is 0 Å². The molecule has 0 saturated carbocycles. The lowest BCUT2D eigenvalue weighted by Gasteiger charge is -2.22. The molecule has 0 bridgehead atoms. The van der Waals surface area contributed by atoms with Gasteiger partial charge in [0.1, 0.15) is 0 Å². The normalized spacial score (nSPS) is 12.5. The van der Waals surface area contributed by atoms with Crippen LogP contribution in [0.25, 0.3) is 0 Å². The molecule has 0 aliphatic carbocycles. The van der Waals surface area contributed by atoms with E-state index in [-0.39, 0.29) is 24.0 Å². The molecule has 1 nitrogen and oxygen atoms in total. The highest BCUT2D eigenvalue weighted by atomic mass is 127. The first-order valence-corrected chi connectivity index (χ1v) is 8.15. The minimum Gasteiger partial charge on any atom is -1.00 e. The summed E-state index contributed by atoms with van der Waals surface area (Å²) in [7, 11) is 1.10. The second kappa shape index (κ2) is 8.49. The lowest BCUT2D eigenvalue weighted by molar-refractivity contribution is -0.00000274. The second-order valence-corrected chi connectivity index (χ2v) is 8.51. The number of aliphatic imine (C=N–C) groups is 1. The molecule has 0 radical (unpaired) electrons. The molecule has 0 aromatic carbocycles. The van der Waals surface area contributed by atoms with Gasteiger partial charge in [0, 0.05) is 7.05 Å². The predicted octanol–water partition coefficient (Wildman–Crippen LogP) is 0.417. The monoisotopic (exact) mass is 333 g/mol. The number of hydrogen-bond acceptors (Lipinski definition) is 2. The maximum atomic E-state index is 4.42. The summed E-state index contributed by atoms with van der Waals surface area (Å²) < 4.78 is 0. The van der Waals surface area contributed by atoms with Crippen LogP contribution in [0.5, 0.6) is 0 Å². The fraction of sp³-hybridized carbons (Fsp3) is 0.889. The summed E-state index contributed by atoms with van der Waals surface area (Å²) in [6.45, 7) is 6.92. The number of thioether (sulfide) groups is 1. The van der Waals surface area contributed by atoms with Crippen LogP contribution in [0, 0.1) is 0 Å². The van der Waals surface area contributed by atoms with E-state index >= 15 is 0 Å². The van der Waals surface area contributed by atoms with Gasteiger partial charge in [-0.1, -0.05) is 11.8 Å². The van der Waals surface area contributed by atoms with E-state index in [9.17, 15) is 0 Å². The van der Waals surface area contributed by atoms with Gasteiger partial charge in [-0.2, -0.15) is 0 Å². The van der Waals surface area contributed by atoms with Gasteiger partial charge in [-0.05, 0) is 27.0 Å². The van der Waals surface area contributed by atoms with Gasteiger partial charge in [-0.3, -0.25) is 0 Å². The third kappa shape index (κ3) is 4.05. The van der Waals surface area contributed by atoms with Crippen molar-refractivity contribution < 1.29 is 24.0 Å². The smallest absolute Gasteiger partial charge is 0.211 e. The average Bonchev–Trinajstić information content (AvgIpc) is 2.14. The molecule has 13 heavy (non-hydrogen) atoms. The van der Waals surface area contributed by atoms with Crippen molar-refractivity contribution in [3.63, 3.8) is 0 Å². The fourth-order valence-electron chi connectivity index (χ4n) is 1.57. The Morgan fingerprint density at radius 3 is 1.62 bits per heavy atom. The van der Waals surface area contributed by atoms with E-state index in [0.29, 0.717) is 0 Å². The molecule has 0 aromatic rings. The minimum absolute atomic E-state index is 0. The molecular formula is C9H21INPS. The van der Waals surface area contributed by atoms with Crippen LogP contribution in [0.1, 0.15) is 20.8 Å². The first kappa shape index (κ1) is 16.6. The molecule has 0 fully saturated rings. The van der Waals surface area contributed by atoms with Crippen LogP contribution in [0.4, 0.5) is 0 Å². The van der Waals surface area contributed by atoms with Gasteiger partial charge in [-0.25, -0.2) is 4.99 Å².